The molecule has 0 saturated carbocycles. The smallest absolute Gasteiger partial charge is 0.277 e. The van der Waals surface area contributed by atoms with Crippen molar-refractivity contribution in [2.24, 2.45) is 11.8 Å². The Balaban J connectivity index is 2.08. The van der Waals surface area contributed by atoms with Crippen LogP contribution in [0.1, 0.15) is 19.4 Å². The molecule has 1 saturated heterocycles. The normalized spacial score (nSPS) is 19.4. The second-order valence-electron chi connectivity index (χ2n) is 5.12. The van der Waals surface area contributed by atoms with Gasteiger partial charge in [0, 0.05) is 18.9 Å². The fourth-order valence-corrected chi connectivity index (χ4v) is 2.22. The minimum atomic E-state index is -0.790. The van der Waals surface area contributed by atoms with E-state index in [0.717, 1.165) is 10.5 Å². The second-order valence-corrected chi connectivity index (χ2v) is 5.12. The average molecular weight is 275 g/mol. The van der Waals surface area contributed by atoms with Crippen LogP contribution in [0.3, 0.4) is 0 Å². The molecule has 0 bridgehead atoms. The number of nitrogens with one attached hydrogen (secondary N) is 1. The van der Waals surface area contributed by atoms with Gasteiger partial charge in [0.2, 0.25) is 11.8 Å². The van der Waals surface area contributed by atoms with Gasteiger partial charge in [-0.2, -0.15) is 0 Å². The number of barbiturate groups is 1. The van der Waals surface area contributed by atoms with E-state index >= 15 is 0 Å². The van der Waals surface area contributed by atoms with E-state index in [9.17, 15) is 14.4 Å². The van der Waals surface area contributed by atoms with E-state index in [1.54, 1.807) is 32.3 Å². The number of carbonyl (C=O) groups is 3. The SMILES string of the molecule is CC(C)C1C(=O)NC(=O)N(CCc2cccnc2)C1=O. The Kier molecular flexibility index (Phi) is 4.12. The molecule has 1 fully saturated rings. The quantitative estimate of drug-likeness (QED) is 0.831. The molecule has 4 amide bonds. The number of aromatic nitrogens is 1. The molecule has 0 aliphatic carbocycles. The van der Waals surface area contributed by atoms with Gasteiger partial charge in [-0.25, -0.2) is 4.79 Å². The summed E-state index contributed by atoms with van der Waals surface area (Å²) < 4.78 is 0. The van der Waals surface area contributed by atoms with Crippen LogP contribution in [-0.4, -0.2) is 34.3 Å². The molecule has 1 N–H and O–H groups in total. The summed E-state index contributed by atoms with van der Waals surface area (Å²) >= 11 is 0. The van der Waals surface area contributed by atoms with E-state index in [1.165, 1.54) is 0 Å². The maximum atomic E-state index is 12.2. The summed E-state index contributed by atoms with van der Waals surface area (Å²) in [5.74, 6) is -1.86. The van der Waals surface area contributed by atoms with Gasteiger partial charge in [0.25, 0.3) is 0 Å². The third-order valence-corrected chi connectivity index (χ3v) is 3.30. The second kappa shape index (κ2) is 5.81. The van der Waals surface area contributed by atoms with Crippen molar-refractivity contribution in [3.8, 4) is 0 Å². The molecular weight excluding hydrogens is 258 g/mol. The number of hydrogen-bond acceptors (Lipinski definition) is 4. The van der Waals surface area contributed by atoms with Crippen molar-refractivity contribution in [2.75, 3.05) is 6.54 Å². The van der Waals surface area contributed by atoms with Gasteiger partial charge >= 0.3 is 6.03 Å². The molecule has 0 radical (unpaired) electrons. The number of rotatable bonds is 4. The molecule has 106 valence electrons. The van der Waals surface area contributed by atoms with Crippen molar-refractivity contribution in [3.63, 3.8) is 0 Å². The van der Waals surface area contributed by atoms with Crippen LogP contribution in [0.15, 0.2) is 24.5 Å². The third-order valence-electron chi connectivity index (χ3n) is 3.30. The zero-order chi connectivity index (χ0) is 14.7. The monoisotopic (exact) mass is 275 g/mol. The van der Waals surface area contributed by atoms with Gasteiger partial charge in [-0.1, -0.05) is 19.9 Å². The van der Waals surface area contributed by atoms with Crippen LogP contribution in [0.4, 0.5) is 4.79 Å². The highest BCUT2D eigenvalue weighted by molar-refractivity contribution is 6.16. The van der Waals surface area contributed by atoms with Crippen LogP contribution >= 0.6 is 0 Å². The van der Waals surface area contributed by atoms with E-state index in [-0.39, 0.29) is 12.5 Å². The predicted molar refractivity (Wildman–Crippen MR) is 71.5 cm³/mol. The van der Waals surface area contributed by atoms with Gasteiger partial charge in [-0.05, 0) is 24.0 Å². The highest BCUT2D eigenvalue weighted by atomic mass is 16.2. The zero-order valence-electron chi connectivity index (χ0n) is 11.5. The summed E-state index contributed by atoms with van der Waals surface area (Å²) in [5.41, 5.74) is 0.936. The lowest BCUT2D eigenvalue weighted by Crippen LogP contribution is -2.59. The minimum Gasteiger partial charge on any atom is -0.277 e. The molecular formula is C14H17N3O3. The molecule has 1 aliphatic rings. The fourth-order valence-electron chi connectivity index (χ4n) is 2.22. The first-order valence-electron chi connectivity index (χ1n) is 6.56. The van der Waals surface area contributed by atoms with E-state index in [1.807, 2.05) is 6.07 Å². The van der Waals surface area contributed by atoms with Crippen LogP contribution < -0.4 is 5.32 Å². The Bertz CT molecular complexity index is 528. The van der Waals surface area contributed by atoms with Crippen LogP contribution in [0.2, 0.25) is 0 Å². The fraction of sp³-hybridized carbons (Fsp3) is 0.429. The van der Waals surface area contributed by atoms with Gasteiger partial charge < -0.3 is 0 Å². The Morgan fingerprint density at radius 1 is 1.35 bits per heavy atom. The minimum absolute atomic E-state index is 0.142. The first kappa shape index (κ1) is 14.2. The topological polar surface area (TPSA) is 79.4 Å². The summed E-state index contributed by atoms with van der Waals surface area (Å²) in [6, 6.07) is 3.04. The molecule has 6 heteroatoms. The van der Waals surface area contributed by atoms with Gasteiger partial charge in [0.1, 0.15) is 5.92 Å². The molecule has 1 aliphatic heterocycles. The third kappa shape index (κ3) is 2.84. The lowest BCUT2D eigenvalue weighted by Gasteiger charge is -2.31. The Labute approximate surface area is 117 Å². The first-order chi connectivity index (χ1) is 9.50. The Morgan fingerprint density at radius 2 is 2.10 bits per heavy atom. The molecule has 2 heterocycles. The number of hydrogen-bond donors (Lipinski definition) is 1. The van der Waals surface area contributed by atoms with E-state index in [4.69, 9.17) is 0 Å². The lowest BCUT2D eigenvalue weighted by atomic mass is 9.92. The molecule has 20 heavy (non-hydrogen) atoms. The molecule has 0 spiro atoms. The van der Waals surface area contributed by atoms with E-state index < -0.39 is 23.8 Å². The lowest BCUT2D eigenvalue weighted by molar-refractivity contribution is -0.144. The van der Waals surface area contributed by atoms with Gasteiger partial charge in [0.15, 0.2) is 0 Å². The molecule has 1 unspecified atom stereocenters. The summed E-state index contributed by atoms with van der Waals surface area (Å²) in [4.78, 5) is 40.8. The van der Waals surface area contributed by atoms with Crippen LogP contribution in [0.25, 0.3) is 0 Å². The zero-order valence-corrected chi connectivity index (χ0v) is 11.5. The summed E-state index contributed by atoms with van der Waals surface area (Å²) in [7, 11) is 0. The largest absolute Gasteiger partial charge is 0.330 e. The molecule has 1 aromatic heterocycles. The van der Waals surface area contributed by atoms with Crippen LogP contribution in [0, 0.1) is 11.8 Å². The van der Waals surface area contributed by atoms with Crippen molar-refractivity contribution in [3.05, 3.63) is 30.1 Å². The van der Waals surface area contributed by atoms with E-state index in [2.05, 4.69) is 10.3 Å². The highest BCUT2D eigenvalue weighted by Crippen LogP contribution is 2.19. The molecule has 0 aromatic carbocycles. The average Bonchev–Trinajstić information content (AvgIpc) is 2.38. The molecule has 1 atom stereocenters. The van der Waals surface area contributed by atoms with Crippen LogP contribution in [-0.2, 0) is 16.0 Å². The summed E-state index contributed by atoms with van der Waals surface area (Å²) in [6.45, 7) is 3.82. The van der Waals surface area contributed by atoms with Gasteiger partial charge in [-0.15, -0.1) is 0 Å². The van der Waals surface area contributed by atoms with Gasteiger partial charge in [0.05, 0.1) is 0 Å². The van der Waals surface area contributed by atoms with E-state index in [0.29, 0.717) is 6.42 Å². The first-order valence-corrected chi connectivity index (χ1v) is 6.56. The van der Waals surface area contributed by atoms with Crippen molar-refractivity contribution in [1.29, 1.82) is 0 Å². The number of amides is 4. The number of carbonyl (C=O) groups excluding carboxylic acids is 3. The molecule has 1 aromatic rings. The maximum absolute atomic E-state index is 12.2. The van der Waals surface area contributed by atoms with Crippen molar-refractivity contribution < 1.29 is 14.4 Å². The summed E-state index contributed by atoms with van der Waals surface area (Å²) in [5, 5.41) is 2.24. The predicted octanol–water partition coefficient (Wildman–Crippen LogP) is 0.975. The standard InChI is InChI=1S/C14H17N3O3/c1-9(2)11-12(18)16-14(20)17(13(11)19)7-5-10-4-3-6-15-8-10/h3-4,6,8-9,11H,5,7H2,1-2H3,(H,16,18,20). The highest BCUT2D eigenvalue weighted by Gasteiger charge is 2.41. The van der Waals surface area contributed by atoms with Crippen molar-refractivity contribution in [1.82, 2.24) is 15.2 Å². The van der Waals surface area contributed by atoms with Crippen LogP contribution in [0.5, 0.6) is 0 Å². The van der Waals surface area contributed by atoms with Crippen molar-refractivity contribution in [2.45, 2.75) is 20.3 Å². The number of urea groups is 1. The Morgan fingerprint density at radius 3 is 2.70 bits per heavy atom. The number of pyridine rings is 1. The summed E-state index contributed by atoms with van der Waals surface area (Å²) in [6.07, 6.45) is 3.87. The number of imide groups is 2. The molecule has 2 rings (SSSR count). The molecule has 6 nitrogen and oxygen atoms in total. The van der Waals surface area contributed by atoms with Gasteiger partial charge in [-0.3, -0.25) is 24.8 Å². The Hall–Kier alpha value is -2.24. The maximum Gasteiger partial charge on any atom is 0.330 e. The number of nitrogens with zero attached hydrogens (tertiary/aromatic N) is 2. The van der Waals surface area contributed by atoms with Crippen molar-refractivity contribution >= 4 is 17.8 Å².